The maximum atomic E-state index is 12.1. The molecule has 27 heavy (non-hydrogen) atoms. The Bertz CT molecular complexity index is 980. The van der Waals surface area contributed by atoms with Crippen LogP contribution in [0.5, 0.6) is 0 Å². The van der Waals surface area contributed by atoms with Gasteiger partial charge < -0.3 is 4.42 Å². The fraction of sp³-hybridized carbons (Fsp3) is 0.211. The van der Waals surface area contributed by atoms with Gasteiger partial charge in [-0.25, -0.2) is 0 Å². The molecule has 3 aromatic rings. The molecule has 0 aliphatic rings. The van der Waals surface area contributed by atoms with Gasteiger partial charge in [0, 0.05) is 12.1 Å². The summed E-state index contributed by atoms with van der Waals surface area (Å²) in [4.78, 5) is 22.2. The monoisotopic (exact) mass is 366 g/mol. The fourth-order valence-electron chi connectivity index (χ4n) is 2.67. The highest BCUT2D eigenvalue weighted by molar-refractivity contribution is 5.90. The molecule has 0 spiro atoms. The molecule has 138 valence electrons. The minimum Gasteiger partial charge on any atom is -0.407 e. The number of nitro groups is 1. The van der Waals surface area contributed by atoms with Crippen molar-refractivity contribution in [3.05, 3.63) is 80.7 Å². The number of hydrogen-bond acceptors (Lipinski definition) is 6. The molecule has 0 radical (unpaired) electrons. The van der Waals surface area contributed by atoms with Gasteiger partial charge in [-0.2, -0.15) is 0 Å². The van der Waals surface area contributed by atoms with E-state index < -0.39 is 4.92 Å². The predicted octanol–water partition coefficient (Wildman–Crippen LogP) is 3.37. The fourth-order valence-corrected chi connectivity index (χ4v) is 2.67. The number of anilines is 1. The first kappa shape index (κ1) is 18.2. The van der Waals surface area contributed by atoms with Crippen molar-refractivity contribution in [3.63, 3.8) is 0 Å². The van der Waals surface area contributed by atoms with Crippen LogP contribution in [0.2, 0.25) is 0 Å². The van der Waals surface area contributed by atoms with Crippen LogP contribution < -0.4 is 5.32 Å². The average Bonchev–Trinajstić information content (AvgIpc) is 3.04. The molecular formula is C19H18N4O4. The lowest BCUT2D eigenvalue weighted by Crippen LogP contribution is -2.14. The van der Waals surface area contributed by atoms with Crippen LogP contribution in [0.4, 0.5) is 11.7 Å². The number of carbonyl (C=O) groups is 1. The second-order valence-corrected chi connectivity index (χ2v) is 6.26. The number of aryl methyl sites for hydroxylation is 2. The third kappa shape index (κ3) is 4.75. The van der Waals surface area contributed by atoms with Crippen molar-refractivity contribution in [2.45, 2.75) is 26.7 Å². The van der Waals surface area contributed by atoms with Crippen molar-refractivity contribution in [1.29, 1.82) is 0 Å². The first-order valence-corrected chi connectivity index (χ1v) is 8.32. The molecule has 1 aromatic heterocycles. The molecular weight excluding hydrogens is 348 g/mol. The number of nitro benzene ring substituents is 1. The number of nitrogens with zero attached hydrogens (tertiary/aromatic N) is 3. The first-order chi connectivity index (χ1) is 12.9. The highest BCUT2D eigenvalue weighted by Crippen LogP contribution is 2.17. The van der Waals surface area contributed by atoms with Crippen molar-refractivity contribution >= 4 is 17.6 Å². The highest BCUT2D eigenvalue weighted by atomic mass is 16.6. The van der Waals surface area contributed by atoms with Gasteiger partial charge >= 0.3 is 6.01 Å². The summed E-state index contributed by atoms with van der Waals surface area (Å²) in [6.07, 6.45) is 0.532. The quantitative estimate of drug-likeness (QED) is 0.529. The molecule has 8 nitrogen and oxygen atoms in total. The summed E-state index contributed by atoms with van der Waals surface area (Å²) in [7, 11) is 0. The average molecular weight is 366 g/mol. The van der Waals surface area contributed by atoms with Crippen molar-refractivity contribution in [2.75, 3.05) is 5.32 Å². The molecule has 0 aliphatic carbocycles. The van der Waals surface area contributed by atoms with E-state index in [9.17, 15) is 14.9 Å². The van der Waals surface area contributed by atoms with Crippen LogP contribution in [0.3, 0.4) is 0 Å². The van der Waals surface area contributed by atoms with Crippen molar-refractivity contribution in [2.24, 2.45) is 0 Å². The predicted molar refractivity (Wildman–Crippen MR) is 98.5 cm³/mol. The zero-order valence-corrected chi connectivity index (χ0v) is 14.9. The summed E-state index contributed by atoms with van der Waals surface area (Å²) in [5.74, 6) is 0.0677. The molecule has 0 bridgehead atoms. The SMILES string of the molecule is Cc1ccc(Cc2nnc(NC(=O)Cc3ccc([N+](=O)[O-])cc3)o2)c(C)c1. The second-order valence-electron chi connectivity index (χ2n) is 6.26. The van der Waals surface area contributed by atoms with E-state index in [1.807, 2.05) is 26.0 Å². The number of aromatic nitrogens is 2. The van der Waals surface area contributed by atoms with Gasteiger partial charge in [0.15, 0.2) is 0 Å². The summed E-state index contributed by atoms with van der Waals surface area (Å²) in [6.45, 7) is 4.05. The Balaban J connectivity index is 1.59. The molecule has 1 amide bonds. The molecule has 0 atom stereocenters. The Hall–Kier alpha value is -3.55. The Labute approximate surface area is 155 Å². The minimum atomic E-state index is -0.487. The molecule has 1 N–H and O–H groups in total. The number of rotatable bonds is 6. The van der Waals surface area contributed by atoms with Crippen molar-refractivity contribution < 1.29 is 14.1 Å². The molecule has 8 heteroatoms. The first-order valence-electron chi connectivity index (χ1n) is 8.32. The molecule has 1 heterocycles. The van der Waals surface area contributed by atoms with Crippen LogP contribution in [0.25, 0.3) is 0 Å². The summed E-state index contributed by atoms with van der Waals surface area (Å²) in [5, 5.41) is 21.0. The molecule has 2 aromatic carbocycles. The normalized spacial score (nSPS) is 10.6. The molecule has 3 rings (SSSR count). The van der Waals surface area contributed by atoms with Gasteiger partial charge in [0.2, 0.25) is 11.8 Å². The Morgan fingerprint density at radius 1 is 1.15 bits per heavy atom. The number of benzene rings is 2. The van der Waals surface area contributed by atoms with Gasteiger partial charge in [-0.15, -0.1) is 5.10 Å². The second kappa shape index (κ2) is 7.77. The van der Waals surface area contributed by atoms with E-state index in [1.54, 1.807) is 0 Å². The largest absolute Gasteiger partial charge is 0.407 e. The summed E-state index contributed by atoms with van der Waals surface area (Å²) in [5.41, 5.74) is 4.02. The van der Waals surface area contributed by atoms with Crippen LogP contribution in [0, 0.1) is 24.0 Å². The van der Waals surface area contributed by atoms with Crippen LogP contribution in [0.1, 0.15) is 28.1 Å². The number of carbonyl (C=O) groups excluding carboxylic acids is 1. The van der Waals surface area contributed by atoms with Crippen molar-refractivity contribution in [1.82, 2.24) is 10.2 Å². The van der Waals surface area contributed by atoms with E-state index in [4.69, 9.17) is 4.42 Å². The molecule has 0 fully saturated rings. The zero-order valence-electron chi connectivity index (χ0n) is 14.9. The summed E-state index contributed by atoms with van der Waals surface area (Å²) < 4.78 is 5.49. The minimum absolute atomic E-state index is 0.0212. The van der Waals surface area contributed by atoms with Gasteiger partial charge in [-0.3, -0.25) is 20.2 Å². The van der Waals surface area contributed by atoms with Gasteiger partial charge in [-0.1, -0.05) is 41.0 Å². The number of non-ortho nitro benzene ring substituents is 1. The Morgan fingerprint density at radius 3 is 2.56 bits per heavy atom. The van der Waals surface area contributed by atoms with E-state index in [0.717, 1.165) is 11.1 Å². The zero-order chi connectivity index (χ0) is 19.4. The van der Waals surface area contributed by atoms with E-state index in [1.165, 1.54) is 29.8 Å². The lowest BCUT2D eigenvalue weighted by atomic mass is 10.0. The van der Waals surface area contributed by atoms with Crippen LogP contribution in [0.15, 0.2) is 46.9 Å². The number of hydrogen-bond donors (Lipinski definition) is 1. The van der Waals surface area contributed by atoms with Gasteiger partial charge in [0.05, 0.1) is 17.8 Å². The Kier molecular flexibility index (Phi) is 5.25. The lowest BCUT2D eigenvalue weighted by molar-refractivity contribution is -0.384. The Morgan fingerprint density at radius 2 is 1.89 bits per heavy atom. The lowest BCUT2D eigenvalue weighted by Gasteiger charge is -2.04. The standard InChI is InChI=1S/C19H18N4O4/c1-12-3-6-15(13(2)9-12)11-18-21-22-19(27-18)20-17(24)10-14-4-7-16(8-5-14)23(25)26/h3-9H,10-11H2,1-2H3,(H,20,22,24). The van der Waals surface area contributed by atoms with Crippen LogP contribution in [-0.2, 0) is 17.6 Å². The number of amides is 1. The van der Waals surface area contributed by atoms with E-state index in [2.05, 4.69) is 21.6 Å². The maximum absolute atomic E-state index is 12.1. The molecule has 0 saturated heterocycles. The van der Waals surface area contributed by atoms with Gasteiger partial charge in [0.1, 0.15) is 0 Å². The summed E-state index contributed by atoms with van der Waals surface area (Å²) in [6, 6.07) is 11.9. The maximum Gasteiger partial charge on any atom is 0.322 e. The molecule has 0 aliphatic heterocycles. The molecule has 0 saturated carbocycles. The van der Waals surface area contributed by atoms with Crippen LogP contribution >= 0.6 is 0 Å². The van der Waals surface area contributed by atoms with Crippen molar-refractivity contribution in [3.8, 4) is 0 Å². The van der Waals surface area contributed by atoms with Crippen LogP contribution in [-0.4, -0.2) is 21.0 Å². The number of nitrogens with one attached hydrogen (secondary N) is 1. The van der Waals surface area contributed by atoms with Gasteiger partial charge in [-0.05, 0) is 30.5 Å². The molecule has 0 unspecified atom stereocenters. The van der Waals surface area contributed by atoms with Gasteiger partial charge in [0.25, 0.3) is 5.69 Å². The van der Waals surface area contributed by atoms with E-state index >= 15 is 0 Å². The smallest absolute Gasteiger partial charge is 0.322 e. The third-order valence-electron chi connectivity index (χ3n) is 4.06. The topological polar surface area (TPSA) is 111 Å². The summed E-state index contributed by atoms with van der Waals surface area (Å²) >= 11 is 0. The van der Waals surface area contributed by atoms with E-state index in [0.29, 0.717) is 17.9 Å². The third-order valence-corrected chi connectivity index (χ3v) is 4.06. The highest BCUT2D eigenvalue weighted by Gasteiger charge is 2.12. The van der Waals surface area contributed by atoms with E-state index in [-0.39, 0.29) is 24.0 Å².